The number of primary amides is 1. The van der Waals surface area contributed by atoms with E-state index in [1.807, 2.05) is 6.07 Å². The molecule has 1 amide bonds. The highest BCUT2D eigenvalue weighted by Gasteiger charge is 2.20. The highest BCUT2D eigenvalue weighted by Crippen LogP contribution is 2.32. The molecule has 0 spiro atoms. The van der Waals surface area contributed by atoms with Gasteiger partial charge in [-0.1, -0.05) is 6.07 Å². The summed E-state index contributed by atoms with van der Waals surface area (Å²) in [6, 6.07) is 6.09. The van der Waals surface area contributed by atoms with Crippen LogP contribution in [0.25, 0.3) is 11.3 Å². The van der Waals surface area contributed by atoms with Crippen molar-refractivity contribution in [2.75, 3.05) is 18.0 Å². The van der Waals surface area contributed by atoms with Gasteiger partial charge in [-0.05, 0) is 31.0 Å². The number of H-pyrrole nitrogens is 1. The van der Waals surface area contributed by atoms with Gasteiger partial charge in [0.2, 0.25) is 0 Å². The Labute approximate surface area is 110 Å². The van der Waals surface area contributed by atoms with E-state index in [2.05, 4.69) is 39.4 Å². The Morgan fingerprint density at radius 1 is 1.47 bits per heavy atom. The standard InChI is InChI=1S/C13H15N5O/c1-2-18-6-5-8-7-9(3-4-10(8)18)11-12(13(14)19)16-17-15-11/h3-4,7H,2,5-6H2,1H3,(H2,14,19)(H,15,16,17). The number of nitrogens with two attached hydrogens (primary N) is 1. The molecular formula is C13H15N5O. The summed E-state index contributed by atoms with van der Waals surface area (Å²) in [7, 11) is 0. The normalized spacial score (nSPS) is 13.6. The molecule has 0 atom stereocenters. The first kappa shape index (κ1) is 11.7. The molecular weight excluding hydrogens is 242 g/mol. The van der Waals surface area contributed by atoms with Crippen LogP contribution in [-0.4, -0.2) is 34.4 Å². The number of carbonyl (C=O) groups excluding carboxylic acids is 1. The number of nitrogens with zero attached hydrogens (tertiary/aromatic N) is 3. The molecule has 19 heavy (non-hydrogen) atoms. The third-order valence-corrected chi connectivity index (χ3v) is 3.51. The van der Waals surface area contributed by atoms with E-state index in [4.69, 9.17) is 5.73 Å². The molecule has 0 aliphatic carbocycles. The van der Waals surface area contributed by atoms with Crippen LogP contribution in [0, 0.1) is 0 Å². The summed E-state index contributed by atoms with van der Waals surface area (Å²) in [5.74, 6) is -0.570. The molecule has 1 aromatic heterocycles. The lowest BCUT2D eigenvalue weighted by molar-refractivity contribution is 0.0996. The Bertz CT molecular complexity index is 634. The average Bonchev–Trinajstić information content (AvgIpc) is 3.04. The summed E-state index contributed by atoms with van der Waals surface area (Å²) in [6.45, 7) is 4.19. The molecule has 1 aliphatic heterocycles. The van der Waals surface area contributed by atoms with E-state index >= 15 is 0 Å². The molecule has 2 aromatic rings. The first-order valence-electron chi connectivity index (χ1n) is 6.29. The van der Waals surface area contributed by atoms with Gasteiger partial charge in [-0.15, -0.1) is 0 Å². The smallest absolute Gasteiger partial charge is 0.271 e. The predicted octanol–water partition coefficient (Wildman–Crippen LogP) is 0.953. The number of likely N-dealkylation sites (N-methyl/N-ethyl adjacent to an activating group) is 1. The van der Waals surface area contributed by atoms with Gasteiger partial charge in [0.1, 0.15) is 5.69 Å². The zero-order chi connectivity index (χ0) is 13.4. The second-order valence-electron chi connectivity index (χ2n) is 4.56. The Kier molecular flexibility index (Phi) is 2.70. The summed E-state index contributed by atoms with van der Waals surface area (Å²) < 4.78 is 0. The van der Waals surface area contributed by atoms with Gasteiger partial charge in [-0.2, -0.15) is 15.4 Å². The lowest BCUT2D eigenvalue weighted by Crippen LogP contribution is -2.18. The van der Waals surface area contributed by atoms with Gasteiger partial charge in [0.25, 0.3) is 5.91 Å². The first-order chi connectivity index (χ1) is 9.20. The Morgan fingerprint density at radius 2 is 2.32 bits per heavy atom. The van der Waals surface area contributed by atoms with Crippen molar-refractivity contribution < 1.29 is 4.79 Å². The SMILES string of the molecule is CCN1CCc2cc(-c3n[nH]nc3C(N)=O)ccc21. The monoisotopic (exact) mass is 257 g/mol. The Hall–Kier alpha value is -2.37. The van der Waals surface area contributed by atoms with E-state index in [-0.39, 0.29) is 5.69 Å². The second-order valence-corrected chi connectivity index (χ2v) is 4.56. The van der Waals surface area contributed by atoms with E-state index in [9.17, 15) is 4.79 Å². The molecule has 0 bridgehead atoms. The van der Waals surface area contributed by atoms with Crippen molar-refractivity contribution in [3.63, 3.8) is 0 Å². The van der Waals surface area contributed by atoms with Gasteiger partial charge < -0.3 is 10.6 Å². The van der Waals surface area contributed by atoms with Crippen LogP contribution in [0.4, 0.5) is 5.69 Å². The quantitative estimate of drug-likeness (QED) is 0.857. The molecule has 6 heteroatoms. The van der Waals surface area contributed by atoms with E-state index in [0.29, 0.717) is 5.69 Å². The minimum Gasteiger partial charge on any atom is -0.371 e. The number of nitrogens with one attached hydrogen (secondary N) is 1. The summed E-state index contributed by atoms with van der Waals surface area (Å²) in [5.41, 5.74) is 9.40. The molecule has 1 aliphatic rings. The molecule has 3 N–H and O–H groups in total. The van der Waals surface area contributed by atoms with Crippen LogP contribution < -0.4 is 10.6 Å². The van der Waals surface area contributed by atoms with Crippen molar-refractivity contribution in [3.05, 3.63) is 29.5 Å². The van der Waals surface area contributed by atoms with Crippen molar-refractivity contribution in [2.24, 2.45) is 5.73 Å². The number of hydrogen-bond donors (Lipinski definition) is 2. The molecule has 6 nitrogen and oxygen atoms in total. The first-order valence-corrected chi connectivity index (χ1v) is 6.29. The number of hydrogen-bond acceptors (Lipinski definition) is 4. The van der Waals surface area contributed by atoms with Gasteiger partial charge in [-0.3, -0.25) is 4.79 Å². The highest BCUT2D eigenvalue weighted by atomic mass is 16.1. The minimum atomic E-state index is -0.570. The average molecular weight is 257 g/mol. The maximum atomic E-state index is 11.3. The van der Waals surface area contributed by atoms with Crippen LogP contribution in [0.15, 0.2) is 18.2 Å². The third-order valence-electron chi connectivity index (χ3n) is 3.51. The Morgan fingerprint density at radius 3 is 3.05 bits per heavy atom. The highest BCUT2D eigenvalue weighted by molar-refractivity contribution is 5.96. The van der Waals surface area contributed by atoms with Gasteiger partial charge in [0, 0.05) is 24.3 Å². The fraction of sp³-hybridized carbons (Fsp3) is 0.308. The van der Waals surface area contributed by atoms with Gasteiger partial charge in [0.15, 0.2) is 5.69 Å². The van der Waals surface area contributed by atoms with E-state index in [1.54, 1.807) is 0 Å². The molecule has 3 rings (SSSR count). The zero-order valence-corrected chi connectivity index (χ0v) is 10.7. The summed E-state index contributed by atoms with van der Waals surface area (Å²) in [4.78, 5) is 13.6. The molecule has 0 unspecified atom stereocenters. The van der Waals surface area contributed by atoms with E-state index in [0.717, 1.165) is 25.1 Å². The number of fused-ring (bicyclic) bond motifs is 1. The van der Waals surface area contributed by atoms with E-state index < -0.39 is 5.91 Å². The molecule has 0 radical (unpaired) electrons. The minimum absolute atomic E-state index is 0.185. The number of rotatable bonds is 3. The molecule has 2 heterocycles. The van der Waals surface area contributed by atoms with Crippen molar-refractivity contribution in [1.82, 2.24) is 15.4 Å². The van der Waals surface area contributed by atoms with Crippen LogP contribution in [0.2, 0.25) is 0 Å². The van der Waals surface area contributed by atoms with Crippen molar-refractivity contribution in [3.8, 4) is 11.3 Å². The topological polar surface area (TPSA) is 87.9 Å². The van der Waals surface area contributed by atoms with Crippen LogP contribution in [0.3, 0.4) is 0 Å². The second kappa shape index (κ2) is 4.38. The number of carbonyl (C=O) groups is 1. The lowest BCUT2D eigenvalue weighted by Gasteiger charge is -2.16. The molecule has 0 fully saturated rings. The number of amides is 1. The van der Waals surface area contributed by atoms with Gasteiger partial charge >= 0.3 is 0 Å². The molecule has 0 saturated carbocycles. The Balaban J connectivity index is 2.04. The number of aromatic amines is 1. The molecule has 1 aromatic carbocycles. The number of aromatic nitrogens is 3. The van der Waals surface area contributed by atoms with Crippen LogP contribution in [0.5, 0.6) is 0 Å². The molecule has 0 saturated heterocycles. The van der Waals surface area contributed by atoms with Crippen molar-refractivity contribution in [1.29, 1.82) is 0 Å². The number of anilines is 1. The van der Waals surface area contributed by atoms with Crippen LogP contribution in [-0.2, 0) is 6.42 Å². The van der Waals surface area contributed by atoms with Crippen LogP contribution in [0.1, 0.15) is 23.0 Å². The predicted molar refractivity (Wildman–Crippen MR) is 71.9 cm³/mol. The lowest BCUT2D eigenvalue weighted by atomic mass is 10.0. The fourth-order valence-electron chi connectivity index (χ4n) is 2.55. The van der Waals surface area contributed by atoms with Crippen molar-refractivity contribution >= 4 is 11.6 Å². The maximum Gasteiger partial charge on any atom is 0.271 e. The van der Waals surface area contributed by atoms with Crippen molar-refractivity contribution in [2.45, 2.75) is 13.3 Å². The molecule has 98 valence electrons. The number of benzene rings is 1. The zero-order valence-electron chi connectivity index (χ0n) is 10.7. The third kappa shape index (κ3) is 1.85. The van der Waals surface area contributed by atoms with E-state index in [1.165, 1.54) is 11.3 Å². The fourth-order valence-corrected chi connectivity index (χ4v) is 2.55. The van der Waals surface area contributed by atoms with Gasteiger partial charge in [0.05, 0.1) is 0 Å². The largest absolute Gasteiger partial charge is 0.371 e. The summed E-state index contributed by atoms with van der Waals surface area (Å²) in [6.07, 6.45) is 1.01. The maximum absolute atomic E-state index is 11.3. The van der Waals surface area contributed by atoms with Crippen LogP contribution >= 0.6 is 0 Å². The van der Waals surface area contributed by atoms with Gasteiger partial charge in [-0.25, -0.2) is 0 Å². The summed E-state index contributed by atoms with van der Waals surface area (Å²) >= 11 is 0. The summed E-state index contributed by atoms with van der Waals surface area (Å²) in [5, 5.41) is 10.3.